The van der Waals surface area contributed by atoms with Crippen LogP contribution in [0.15, 0.2) is 24.3 Å². The molecule has 3 aromatic rings. The summed E-state index contributed by atoms with van der Waals surface area (Å²) in [6.45, 7) is 3.00. The number of hydrogen-bond donors (Lipinski definition) is 1. The molecule has 6 heteroatoms. The highest BCUT2D eigenvalue weighted by Gasteiger charge is 2.19. The predicted octanol–water partition coefficient (Wildman–Crippen LogP) is 5.17. The van der Waals surface area contributed by atoms with Gasteiger partial charge in [0.05, 0.1) is 4.88 Å². The van der Waals surface area contributed by atoms with Gasteiger partial charge in [-0.3, -0.25) is 4.79 Å². The maximum atomic E-state index is 12.9. The Hall–Kier alpha value is -2.47. The van der Waals surface area contributed by atoms with Crippen LogP contribution in [-0.4, -0.2) is 20.7 Å². The molecule has 0 bridgehead atoms. The van der Waals surface area contributed by atoms with Gasteiger partial charge < -0.3 is 9.88 Å². The van der Waals surface area contributed by atoms with Crippen molar-refractivity contribution >= 4 is 22.9 Å². The van der Waals surface area contributed by atoms with E-state index in [1.165, 1.54) is 36.1 Å². The van der Waals surface area contributed by atoms with Gasteiger partial charge in [-0.25, -0.2) is 0 Å². The average Bonchev–Trinajstić information content (AvgIpc) is 3.27. The number of rotatable bonds is 3. The quantitative estimate of drug-likeness (QED) is 0.652. The molecule has 0 spiro atoms. The van der Waals surface area contributed by atoms with E-state index in [4.69, 9.17) is 0 Å². The van der Waals surface area contributed by atoms with Gasteiger partial charge >= 0.3 is 0 Å². The van der Waals surface area contributed by atoms with E-state index in [2.05, 4.69) is 38.3 Å². The normalized spacial score (nSPS) is 16.0. The molecule has 1 aliphatic heterocycles. The van der Waals surface area contributed by atoms with Crippen molar-refractivity contribution in [1.82, 2.24) is 14.8 Å². The molecule has 0 saturated heterocycles. The van der Waals surface area contributed by atoms with Gasteiger partial charge in [-0.05, 0) is 68.7 Å². The van der Waals surface area contributed by atoms with Gasteiger partial charge in [0, 0.05) is 29.1 Å². The number of aryl methyl sites for hydroxylation is 4. The first-order valence-corrected chi connectivity index (χ1v) is 11.5. The Bertz CT molecular complexity index is 1040. The van der Waals surface area contributed by atoms with Crippen LogP contribution in [0.4, 0.5) is 5.69 Å². The SMILES string of the molecule is Cc1ccc(-c2nnc3n2CCCCC3)cc1NC(=O)c1cc2c(s1)CCCC2. The lowest BCUT2D eigenvalue weighted by atomic mass is 9.99. The van der Waals surface area contributed by atoms with Gasteiger partial charge in [0.25, 0.3) is 5.91 Å². The highest BCUT2D eigenvalue weighted by Crippen LogP contribution is 2.31. The molecule has 0 saturated carbocycles. The molecule has 0 atom stereocenters. The molecule has 1 aromatic carbocycles. The zero-order valence-corrected chi connectivity index (χ0v) is 17.6. The summed E-state index contributed by atoms with van der Waals surface area (Å²) in [6, 6.07) is 8.27. The highest BCUT2D eigenvalue weighted by molar-refractivity contribution is 7.14. The first-order chi connectivity index (χ1) is 14.2. The van der Waals surface area contributed by atoms with Crippen LogP contribution in [0, 0.1) is 6.92 Å². The van der Waals surface area contributed by atoms with E-state index in [0.717, 1.165) is 65.6 Å². The number of aromatic nitrogens is 3. The fourth-order valence-electron chi connectivity index (χ4n) is 4.38. The third-order valence-corrected chi connectivity index (χ3v) is 7.31. The van der Waals surface area contributed by atoms with E-state index in [9.17, 15) is 4.79 Å². The van der Waals surface area contributed by atoms with Gasteiger partial charge in [0.15, 0.2) is 5.82 Å². The lowest BCUT2D eigenvalue weighted by Crippen LogP contribution is -2.11. The smallest absolute Gasteiger partial charge is 0.265 e. The van der Waals surface area contributed by atoms with Crippen molar-refractivity contribution in [3.8, 4) is 11.4 Å². The van der Waals surface area contributed by atoms with Gasteiger partial charge in [0.1, 0.15) is 5.82 Å². The number of benzene rings is 1. The summed E-state index contributed by atoms with van der Waals surface area (Å²) in [4.78, 5) is 15.1. The predicted molar refractivity (Wildman–Crippen MR) is 117 cm³/mol. The van der Waals surface area contributed by atoms with Crippen molar-refractivity contribution in [2.75, 3.05) is 5.32 Å². The van der Waals surface area contributed by atoms with Crippen molar-refractivity contribution in [2.24, 2.45) is 0 Å². The Morgan fingerprint density at radius 2 is 1.90 bits per heavy atom. The molecule has 5 rings (SSSR count). The third kappa shape index (κ3) is 3.62. The summed E-state index contributed by atoms with van der Waals surface area (Å²) < 4.78 is 2.25. The summed E-state index contributed by atoms with van der Waals surface area (Å²) in [5.74, 6) is 1.97. The van der Waals surface area contributed by atoms with Gasteiger partial charge in [0.2, 0.25) is 0 Å². The monoisotopic (exact) mass is 406 g/mol. The van der Waals surface area contributed by atoms with Crippen molar-refractivity contribution in [3.63, 3.8) is 0 Å². The van der Waals surface area contributed by atoms with Crippen LogP contribution in [0.5, 0.6) is 0 Å². The number of amides is 1. The second-order valence-electron chi connectivity index (χ2n) is 8.15. The minimum atomic E-state index is -0.00952. The van der Waals surface area contributed by atoms with E-state index in [1.54, 1.807) is 11.3 Å². The summed E-state index contributed by atoms with van der Waals surface area (Å²) in [7, 11) is 0. The molecule has 2 aliphatic rings. The summed E-state index contributed by atoms with van der Waals surface area (Å²) in [5.41, 5.74) is 4.28. The van der Waals surface area contributed by atoms with Crippen LogP contribution in [0.2, 0.25) is 0 Å². The summed E-state index contributed by atoms with van der Waals surface area (Å²) in [6.07, 6.45) is 9.25. The molecule has 0 radical (unpaired) electrons. The Kier molecular flexibility index (Phi) is 4.96. The van der Waals surface area contributed by atoms with Crippen molar-refractivity contribution in [1.29, 1.82) is 0 Å². The van der Waals surface area contributed by atoms with Crippen molar-refractivity contribution in [2.45, 2.75) is 64.8 Å². The van der Waals surface area contributed by atoms with E-state index < -0.39 is 0 Å². The fourth-order valence-corrected chi connectivity index (χ4v) is 5.53. The van der Waals surface area contributed by atoms with Crippen LogP contribution < -0.4 is 5.32 Å². The summed E-state index contributed by atoms with van der Waals surface area (Å²) in [5, 5.41) is 12.0. The molecule has 1 aliphatic carbocycles. The largest absolute Gasteiger partial charge is 0.321 e. The molecular weight excluding hydrogens is 380 g/mol. The van der Waals surface area contributed by atoms with E-state index in [1.807, 2.05) is 13.0 Å². The van der Waals surface area contributed by atoms with E-state index in [0.29, 0.717) is 0 Å². The Morgan fingerprint density at radius 3 is 2.79 bits per heavy atom. The number of nitrogens with one attached hydrogen (secondary N) is 1. The number of fused-ring (bicyclic) bond motifs is 2. The molecule has 1 N–H and O–H groups in total. The molecule has 29 heavy (non-hydrogen) atoms. The van der Waals surface area contributed by atoms with E-state index in [-0.39, 0.29) is 5.91 Å². The molecule has 0 fully saturated rings. The fraction of sp³-hybridized carbons (Fsp3) is 0.435. The zero-order valence-electron chi connectivity index (χ0n) is 16.8. The van der Waals surface area contributed by atoms with Crippen LogP contribution >= 0.6 is 11.3 Å². The molecular formula is C23H26N4OS. The Balaban J connectivity index is 1.42. The summed E-state index contributed by atoms with van der Waals surface area (Å²) >= 11 is 1.65. The lowest BCUT2D eigenvalue weighted by Gasteiger charge is -2.11. The Morgan fingerprint density at radius 1 is 1.03 bits per heavy atom. The zero-order chi connectivity index (χ0) is 19.8. The van der Waals surface area contributed by atoms with Crippen LogP contribution in [-0.2, 0) is 25.8 Å². The number of hydrogen-bond acceptors (Lipinski definition) is 4. The first-order valence-electron chi connectivity index (χ1n) is 10.6. The average molecular weight is 407 g/mol. The standard InChI is InChI=1S/C23H26N4OS/c1-15-10-11-17(22-26-25-21-9-3-2-6-12-27(21)22)13-18(15)24-23(28)20-14-16-7-4-5-8-19(16)29-20/h10-11,13-14H,2-9,12H2,1H3,(H,24,28). The third-order valence-electron chi connectivity index (χ3n) is 6.07. The molecule has 2 aromatic heterocycles. The maximum absolute atomic E-state index is 12.9. The second-order valence-corrected chi connectivity index (χ2v) is 9.29. The van der Waals surface area contributed by atoms with Gasteiger partial charge in [-0.15, -0.1) is 21.5 Å². The van der Waals surface area contributed by atoms with Crippen molar-refractivity contribution < 1.29 is 4.79 Å². The van der Waals surface area contributed by atoms with Crippen LogP contribution in [0.1, 0.15) is 63.6 Å². The van der Waals surface area contributed by atoms with Crippen LogP contribution in [0.25, 0.3) is 11.4 Å². The molecule has 0 unspecified atom stereocenters. The number of carbonyl (C=O) groups is 1. The number of anilines is 1. The van der Waals surface area contributed by atoms with E-state index >= 15 is 0 Å². The van der Waals surface area contributed by atoms with Gasteiger partial charge in [-0.2, -0.15) is 0 Å². The molecule has 5 nitrogen and oxygen atoms in total. The van der Waals surface area contributed by atoms with Crippen molar-refractivity contribution in [3.05, 3.63) is 51.0 Å². The molecule has 3 heterocycles. The molecule has 150 valence electrons. The topological polar surface area (TPSA) is 59.8 Å². The minimum Gasteiger partial charge on any atom is -0.321 e. The lowest BCUT2D eigenvalue weighted by molar-refractivity contribution is 0.103. The highest BCUT2D eigenvalue weighted by atomic mass is 32.1. The number of nitrogens with zero attached hydrogens (tertiary/aromatic N) is 3. The Labute approximate surface area is 175 Å². The minimum absolute atomic E-state index is 0.00952. The van der Waals surface area contributed by atoms with Gasteiger partial charge in [-0.1, -0.05) is 18.6 Å². The first kappa shape index (κ1) is 18.6. The number of thiophene rings is 1. The van der Waals surface area contributed by atoms with Crippen LogP contribution in [0.3, 0.4) is 0 Å². The number of carbonyl (C=O) groups excluding carboxylic acids is 1. The molecule has 1 amide bonds. The second kappa shape index (κ2) is 7.75. The maximum Gasteiger partial charge on any atom is 0.265 e.